The predicted molar refractivity (Wildman–Crippen MR) is 79.9 cm³/mol. The minimum Gasteiger partial charge on any atom is -0.497 e. The van der Waals surface area contributed by atoms with Crippen molar-refractivity contribution in [1.29, 1.82) is 0 Å². The Morgan fingerprint density at radius 2 is 1.95 bits per heavy atom. The molecule has 116 valence electrons. The first-order valence-electron chi connectivity index (χ1n) is 7.11. The summed E-state index contributed by atoms with van der Waals surface area (Å²) in [5.74, 6) is 1.20. The van der Waals surface area contributed by atoms with E-state index in [2.05, 4.69) is 10.2 Å². The van der Waals surface area contributed by atoms with Gasteiger partial charge in [-0.15, -0.1) is 0 Å². The van der Waals surface area contributed by atoms with Gasteiger partial charge in [0.2, 0.25) is 0 Å². The number of methoxy groups -OCH3 is 2. The maximum Gasteiger partial charge on any atom is 0.413 e. The van der Waals surface area contributed by atoms with Crippen LogP contribution in [-0.2, 0) is 4.74 Å². The van der Waals surface area contributed by atoms with Crippen LogP contribution < -0.4 is 14.8 Å². The second-order valence-electron chi connectivity index (χ2n) is 4.93. The lowest BCUT2D eigenvalue weighted by Gasteiger charge is -2.25. The van der Waals surface area contributed by atoms with Crippen molar-refractivity contribution in [2.45, 2.75) is 19.3 Å². The Labute approximate surface area is 125 Å². The molecule has 6 heteroatoms. The van der Waals surface area contributed by atoms with Crippen molar-refractivity contribution in [1.82, 2.24) is 4.90 Å². The van der Waals surface area contributed by atoms with E-state index in [-0.39, 0.29) is 0 Å². The summed E-state index contributed by atoms with van der Waals surface area (Å²) in [6, 6.07) is 5.18. The fourth-order valence-corrected chi connectivity index (χ4v) is 2.29. The molecular formula is C15H22N2O4. The molecule has 1 fully saturated rings. The molecule has 1 aliphatic rings. The number of anilines is 1. The Hall–Kier alpha value is -1.95. The van der Waals surface area contributed by atoms with Gasteiger partial charge < -0.3 is 14.2 Å². The Kier molecular flexibility index (Phi) is 5.68. The molecule has 1 heterocycles. The third-order valence-electron chi connectivity index (χ3n) is 3.47. The van der Waals surface area contributed by atoms with E-state index >= 15 is 0 Å². The number of nitrogens with zero attached hydrogens (tertiary/aromatic N) is 1. The Bertz CT molecular complexity index is 473. The van der Waals surface area contributed by atoms with E-state index < -0.39 is 6.09 Å². The van der Waals surface area contributed by atoms with Crippen LogP contribution in [-0.4, -0.2) is 45.0 Å². The number of benzene rings is 1. The highest BCUT2D eigenvalue weighted by atomic mass is 16.6. The molecular weight excluding hydrogens is 272 g/mol. The molecule has 0 radical (unpaired) electrons. The van der Waals surface area contributed by atoms with Crippen molar-refractivity contribution < 1.29 is 19.0 Å². The number of amides is 1. The minimum absolute atomic E-state index is 0.324. The van der Waals surface area contributed by atoms with Gasteiger partial charge in [0, 0.05) is 19.2 Å². The van der Waals surface area contributed by atoms with Crippen LogP contribution in [0.5, 0.6) is 11.5 Å². The summed E-state index contributed by atoms with van der Waals surface area (Å²) < 4.78 is 15.6. The summed E-state index contributed by atoms with van der Waals surface area (Å²) in [6.07, 6.45) is 3.10. The summed E-state index contributed by atoms with van der Waals surface area (Å²) in [7, 11) is 3.12. The molecule has 1 N–H and O–H groups in total. The van der Waals surface area contributed by atoms with E-state index in [1.54, 1.807) is 32.4 Å². The highest BCUT2D eigenvalue weighted by molar-refractivity contribution is 5.86. The fourth-order valence-electron chi connectivity index (χ4n) is 2.29. The Morgan fingerprint density at radius 3 is 2.62 bits per heavy atom. The molecule has 2 rings (SSSR count). The lowest BCUT2D eigenvalue weighted by Crippen LogP contribution is -2.33. The van der Waals surface area contributed by atoms with E-state index in [0.29, 0.717) is 23.9 Å². The van der Waals surface area contributed by atoms with Gasteiger partial charge >= 0.3 is 6.09 Å². The molecule has 1 aliphatic heterocycles. The van der Waals surface area contributed by atoms with Gasteiger partial charge in [-0.1, -0.05) is 6.42 Å². The molecule has 0 atom stereocenters. The van der Waals surface area contributed by atoms with Crippen molar-refractivity contribution in [3.63, 3.8) is 0 Å². The number of carbonyl (C=O) groups excluding carboxylic acids is 1. The molecule has 6 nitrogen and oxygen atoms in total. The van der Waals surface area contributed by atoms with Crippen LogP contribution in [0.15, 0.2) is 18.2 Å². The number of piperidine rings is 1. The number of rotatable bonds is 5. The summed E-state index contributed by atoms with van der Waals surface area (Å²) >= 11 is 0. The van der Waals surface area contributed by atoms with Crippen molar-refractivity contribution in [3.05, 3.63) is 18.2 Å². The SMILES string of the molecule is COc1ccc(NC(=O)OCN2CCCCC2)c(OC)c1. The molecule has 0 aliphatic carbocycles. The lowest BCUT2D eigenvalue weighted by atomic mass is 10.1. The van der Waals surface area contributed by atoms with E-state index in [1.165, 1.54) is 6.42 Å². The minimum atomic E-state index is -0.482. The number of likely N-dealkylation sites (tertiary alicyclic amines) is 1. The molecule has 1 aromatic carbocycles. The zero-order chi connectivity index (χ0) is 15.1. The summed E-state index contributed by atoms with van der Waals surface area (Å²) in [5, 5.41) is 2.68. The lowest BCUT2D eigenvalue weighted by molar-refractivity contribution is 0.0659. The summed E-state index contributed by atoms with van der Waals surface area (Å²) in [4.78, 5) is 14.0. The van der Waals surface area contributed by atoms with Crippen molar-refractivity contribution in [2.24, 2.45) is 0 Å². The second-order valence-corrected chi connectivity index (χ2v) is 4.93. The molecule has 0 aromatic heterocycles. The molecule has 0 bridgehead atoms. The molecule has 1 amide bonds. The van der Waals surface area contributed by atoms with Crippen LogP contribution in [0.25, 0.3) is 0 Å². The molecule has 21 heavy (non-hydrogen) atoms. The van der Waals surface area contributed by atoms with Gasteiger partial charge in [-0.25, -0.2) is 4.79 Å². The predicted octanol–water partition coefficient (Wildman–Crippen LogP) is 2.70. The highest BCUT2D eigenvalue weighted by Crippen LogP contribution is 2.29. The average molecular weight is 294 g/mol. The molecule has 1 saturated heterocycles. The largest absolute Gasteiger partial charge is 0.497 e. The smallest absolute Gasteiger partial charge is 0.413 e. The van der Waals surface area contributed by atoms with Crippen LogP contribution in [0.2, 0.25) is 0 Å². The van der Waals surface area contributed by atoms with Crippen LogP contribution in [0.1, 0.15) is 19.3 Å². The first-order valence-corrected chi connectivity index (χ1v) is 7.11. The summed E-state index contributed by atoms with van der Waals surface area (Å²) in [5.41, 5.74) is 0.557. The van der Waals surface area contributed by atoms with Crippen LogP contribution in [0, 0.1) is 0 Å². The van der Waals surface area contributed by atoms with Crippen LogP contribution in [0.4, 0.5) is 10.5 Å². The van der Waals surface area contributed by atoms with E-state index in [1.807, 2.05) is 0 Å². The third kappa shape index (κ3) is 4.53. The number of ether oxygens (including phenoxy) is 3. The van der Waals surface area contributed by atoms with Gasteiger partial charge in [0.1, 0.15) is 18.2 Å². The fraction of sp³-hybridized carbons (Fsp3) is 0.533. The monoisotopic (exact) mass is 294 g/mol. The van der Waals surface area contributed by atoms with E-state index in [9.17, 15) is 4.79 Å². The van der Waals surface area contributed by atoms with Gasteiger partial charge in [0.05, 0.1) is 19.9 Å². The van der Waals surface area contributed by atoms with Crippen molar-refractivity contribution in [3.8, 4) is 11.5 Å². The average Bonchev–Trinajstić information content (AvgIpc) is 2.54. The number of hydrogen-bond donors (Lipinski definition) is 1. The first-order chi connectivity index (χ1) is 10.2. The maximum absolute atomic E-state index is 11.8. The normalized spacial score (nSPS) is 15.3. The number of hydrogen-bond acceptors (Lipinski definition) is 5. The van der Waals surface area contributed by atoms with E-state index in [4.69, 9.17) is 14.2 Å². The van der Waals surface area contributed by atoms with Crippen LogP contribution >= 0.6 is 0 Å². The van der Waals surface area contributed by atoms with Crippen LogP contribution in [0.3, 0.4) is 0 Å². The van der Waals surface area contributed by atoms with Gasteiger partial charge in [0.25, 0.3) is 0 Å². The maximum atomic E-state index is 11.8. The molecule has 0 saturated carbocycles. The standard InChI is InChI=1S/C15H22N2O4/c1-19-12-6-7-13(14(10-12)20-2)16-15(18)21-11-17-8-4-3-5-9-17/h6-7,10H,3-5,8-9,11H2,1-2H3,(H,16,18). The zero-order valence-corrected chi connectivity index (χ0v) is 12.6. The molecule has 0 unspecified atom stereocenters. The molecule has 1 aromatic rings. The summed E-state index contributed by atoms with van der Waals surface area (Å²) in [6.45, 7) is 2.29. The zero-order valence-electron chi connectivity index (χ0n) is 12.6. The van der Waals surface area contributed by atoms with Gasteiger partial charge in [-0.2, -0.15) is 0 Å². The first kappa shape index (κ1) is 15.4. The number of nitrogens with one attached hydrogen (secondary N) is 1. The quantitative estimate of drug-likeness (QED) is 0.904. The van der Waals surface area contributed by atoms with Gasteiger partial charge in [-0.05, 0) is 25.0 Å². The van der Waals surface area contributed by atoms with Gasteiger partial charge in [-0.3, -0.25) is 10.2 Å². The highest BCUT2D eigenvalue weighted by Gasteiger charge is 2.13. The Balaban J connectivity index is 1.86. The number of carbonyl (C=O) groups is 1. The van der Waals surface area contributed by atoms with Crippen molar-refractivity contribution in [2.75, 3.05) is 39.4 Å². The van der Waals surface area contributed by atoms with Crippen molar-refractivity contribution >= 4 is 11.8 Å². The van der Waals surface area contributed by atoms with Gasteiger partial charge in [0.15, 0.2) is 0 Å². The second kappa shape index (κ2) is 7.73. The Morgan fingerprint density at radius 1 is 1.19 bits per heavy atom. The third-order valence-corrected chi connectivity index (χ3v) is 3.47. The molecule has 0 spiro atoms. The topological polar surface area (TPSA) is 60.0 Å². The van der Waals surface area contributed by atoms with E-state index in [0.717, 1.165) is 25.9 Å².